The van der Waals surface area contributed by atoms with Crippen molar-refractivity contribution in [2.75, 3.05) is 0 Å². The van der Waals surface area contributed by atoms with Crippen molar-refractivity contribution in [3.8, 4) is 0 Å². The van der Waals surface area contributed by atoms with Crippen LogP contribution >= 0.6 is 11.8 Å². The molecule has 0 fully saturated rings. The fraction of sp³-hybridized carbons (Fsp3) is 0.636. The van der Waals surface area contributed by atoms with Crippen LogP contribution in [0.3, 0.4) is 0 Å². The molecule has 0 aromatic heterocycles. The second-order valence-corrected chi connectivity index (χ2v) is 5.00. The van der Waals surface area contributed by atoms with Gasteiger partial charge < -0.3 is 0 Å². The van der Waals surface area contributed by atoms with E-state index >= 15 is 0 Å². The Kier molecular flexibility index (Phi) is 3.45. The molecule has 0 N–H and O–H groups in total. The third-order valence-electron chi connectivity index (χ3n) is 2.10. The van der Waals surface area contributed by atoms with Gasteiger partial charge in [-0.05, 0) is 29.7 Å². The molecule has 0 bridgehead atoms. The van der Waals surface area contributed by atoms with Crippen LogP contribution in [0.1, 0.15) is 34.1 Å². The van der Waals surface area contributed by atoms with Gasteiger partial charge in [0.15, 0.2) is 0 Å². The highest BCUT2D eigenvalue weighted by Gasteiger charge is 2.14. The molecule has 0 saturated carbocycles. The summed E-state index contributed by atoms with van der Waals surface area (Å²) in [6.45, 7) is 9.06. The van der Waals surface area contributed by atoms with Crippen LogP contribution in [0.25, 0.3) is 0 Å². The van der Waals surface area contributed by atoms with Crippen LogP contribution in [0.4, 0.5) is 0 Å². The number of rotatable bonds is 2. The van der Waals surface area contributed by atoms with Gasteiger partial charge in [0.2, 0.25) is 0 Å². The monoisotopic (exact) mass is 182 g/mol. The minimum atomic E-state index is 0.665. The first-order chi connectivity index (χ1) is 5.65. The van der Waals surface area contributed by atoms with Gasteiger partial charge in [0, 0.05) is 5.25 Å². The van der Waals surface area contributed by atoms with Crippen molar-refractivity contribution in [3.63, 3.8) is 0 Å². The predicted octanol–water partition coefficient (Wildman–Crippen LogP) is 4.00. The Morgan fingerprint density at radius 2 is 2.17 bits per heavy atom. The van der Waals surface area contributed by atoms with E-state index in [4.69, 9.17) is 0 Å². The molecule has 0 spiro atoms. The summed E-state index contributed by atoms with van der Waals surface area (Å²) in [6, 6.07) is 0. The Hall–Kier alpha value is -0.170. The maximum Gasteiger partial charge on any atom is 0.0246 e. The van der Waals surface area contributed by atoms with Gasteiger partial charge in [-0.1, -0.05) is 32.9 Å². The average Bonchev–Trinajstić information content (AvgIpc) is 2.04. The quantitative estimate of drug-likeness (QED) is 0.622. The lowest BCUT2D eigenvalue weighted by Crippen LogP contribution is -2.04. The van der Waals surface area contributed by atoms with Crippen molar-refractivity contribution >= 4 is 11.8 Å². The van der Waals surface area contributed by atoms with Gasteiger partial charge in [0.1, 0.15) is 0 Å². The van der Waals surface area contributed by atoms with Crippen LogP contribution in [-0.2, 0) is 0 Å². The number of hydrogen-bond donors (Lipinski definition) is 0. The Morgan fingerprint density at radius 1 is 1.50 bits per heavy atom. The Morgan fingerprint density at radius 3 is 2.67 bits per heavy atom. The van der Waals surface area contributed by atoms with E-state index in [1.165, 1.54) is 12.0 Å². The zero-order chi connectivity index (χ0) is 9.14. The van der Waals surface area contributed by atoms with Crippen molar-refractivity contribution < 1.29 is 0 Å². The van der Waals surface area contributed by atoms with E-state index in [2.05, 4.69) is 39.8 Å². The summed E-state index contributed by atoms with van der Waals surface area (Å²) in [7, 11) is 0. The zero-order valence-corrected chi connectivity index (χ0v) is 9.24. The van der Waals surface area contributed by atoms with Crippen LogP contribution < -0.4 is 0 Å². The fourth-order valence-corrected chi connectivity index (χ4v) is 2.64. The van der Waals surface area contributed by atoms with Crippen molar-refractivity contribution in [2.24, 2.45) is 5.92 Å². The molecule has 0 aromatic rings. The first-order valence-corrected chi connectivity index (χ1v) is 5.61. The summed E-state index contributed by atoms with van der Waals surface area (Å²) >= 11 is 2.02. The van der Waals surface area contributed by atoms with Gasteiger partial charge >= 0.3 is 0 Å². The zero-order valence-electron chi connectivity index (χ0n) is 8.42. The highest BCUT2D eigenvalue weighted by Crippen LogP contribution is 2.36. The van der Waals surface area contributed by atoms with E-state index in [9.17, 15) is 0 Å². The first kappa shape index (κ1) is 9.91. The third-order valence-corrected chi connectivity index (χ3v) is 3.62. The highest BCUT2D eigenvalue weighted by molar-refractivity contribution is 8.03. The number of allylic oxidation sites excluding steroid dienone is 3. The molecule has 0 amide bonds. The van der Waals surface area contributed by atoms with Gasteiger partial charge in [0.25, 0.3) is 0 Å². The SMILES string of the molecule is CCC1=C(C(C)C)SC(C)C=C1. The molecule has 0 saturated heterocycles. The lowest BCUT2D eigenvalue weighted by atomic mass is 10.1. The average molecular weight is 182 g/mol. The second-order valence-electron chi connectivity index (χ2n) is 3.58. The third kappa shape index (κ3) is 2.16. The van der Waals surface area contributed by atoms with Crippen molar-refractivity contribution in [3.05, 3.63) is 22.6 Å². The van der Waals surface area contributed by atoms with E-state index in [-0.39, 0.29) is 0 Å². The van der Waals surface area contributed by atoms with E-state index < -0.39 is 0 Å². The van der Waals surface area contributed by atoms with Gasteiger partial charge in [-0.2, -0.15) is 0 Å². The lowest BCUT2D eigenvalue weighted by molar-refractivity contribution is 0.799. The van der Waals surface area contributed by atoms with E-state index in [0.717, 1.165) is 0 Å². The Balaban J connectivity index is 2.86. The molecule has 0 aliphatic carbocycles. The molecule has 1 unspecified atom stereocenters. The lowest BCUT2D eigenvalue weighted by Gasteiger charge is -2.21. The Labute approximate surface area is 80.1 Å². The molecular formula is C11H18S. The van der Waals surface area contributed by atoms with Gasteiger partial charge in [0.05, 0.1) is 0 Å². The largest absolute Gasteiger partial charge is 0.123 e. The molecular weight excluding hydrogens is 164 g/mol. The number of hydrogen-bond acceptors (Lipinski definition) is 1. The normalized spacial score (nSPS) is 23.9. The fourth-order valence-electron chi connectivity index (χ4n) is 1.45. The van der Waals surface area contributed by atoms with Crippen molar-refractivity contribution in [2.45, 2.75) is 39.4 Å². The maximum atomic E-state index is 2.30. The Bertz CT molecular complexity index is 211. The van der Waals surface area contributed by atoms with Crippen LogP contribution in [0.2, 0.25) is 0 Å². The minimum Gasteiger partial charge on any atom is -0.123 e. The molecule has 1 heterocycles. The summed E-state index contributed by atoms with van der Waals surface area (Å²) in [5, 5.41) is 0.665. The summed E-state index contributed by atoms with van der Waals surface area (Å²) in [4.78, 5) is 1.59. The van der Waals surface area contributed by atoms with Gasteiger partial charge in [-0.15, -0.1) is 11.8 Å². The smallest absolute Gasteiger partial charge is 0.0246 e. The van der Waals surface area contributed by atoms with Crippen molar-refractivity contribution in [1.82, 2.24) is 0 Å². The van der Waals surface area contributed by atoms with Crippen LogP contribution in [-0.4, -0.2) is 5.25 Å². The highest BCUT2D eigenvalue weighted by atomic mass is 32.2. The minimum absolute atomic E-state index is 0.665. The molecule has 0 nitrogen and oxygen atoms in total. The van der Waals surface area contributed by atoms with Gasteiger partial charge in [-0.3, -0.25) is 0 Å². The van der Waals surface area contributed by atoms with E-state index in [1.54, 1.807) is 4.91 Å². The summed E-state index contributed by atoms with van der Waals surface area (Å²) in [6.07, 6.45) is 5.77. The van der Waals surface area contributed by atoms with Crippen molar-refractivity contribution in [1.29, 1.82) is 0 Å². The predicted molar refractivity (Wildman–Crippen MR) is 58.3 cm³/mol. The molecule has 1 aliphatic rings. The summed E-state index contributed by atoms with van der Waals surface area (Å²) in [5.74, 6) is 0.692. The van der Waals surface area contributed by atoms with E-state index in [0.29, 0.717) is 11.2 Å². The molecule has 68 valence electrons. The summed E-state index contributed by atoms with van der Waals surface area (Å²) in [5.41, 5.74) is 1.54. The van der Waals surface area contributed by atoms with E-state index in [1.807, 2.05) is 11.8 Å². The van der Waals surface area contributed by atoms with Crippen LogP contribution in [0.5, 0.6) is 0 Å². The molecule has 1 heteroatoms. The molecule has 1 atom stereocenters. The van der Waals surface area contributed by atoms with Crippen LogP contribution in [0, 0.1) is 5.92 Å². The maximum absolute atomic E-state index is 2.30. The van der Waals surface area contributed by atoms with Crippen LogP contribution in [0.15, 0.2) is 22.6 Å². The summed E-state index contributed by atoms with van der Waals surface area (Å²) < 4.78 is 0. The van der Waals surface area contributed by atoms with Gasteiger partial charge in [-0.25, -0.2) is 0 Å². The first-order valence-electron chi connectivity index (χ1n) is 4.73. The molecule has 0 radical (unpaired) electrons. The standard InChI is InChI=1S/C11H18S/c1-5-10-7-6-9(4)12-11(10)8(2)3/h6-9H,5H2,1-4H3. The molecule has 1 aliphatic heterocycles. The number of thioether (sulfide) groups is 1. The molecule has 12 heavy (non-hydrogen) atoms. The second kappa shape index (κ2) is 4.18. The topological polar surface area (TPSA) is 0 Å². The molecule has 0 aromatic carbocycles. The molecule has 1 rings (SSSR count).